The van der Waals surface area contributed by atoms with E-state index < -0.39 is 11.4 Å². The van der Waals surface area contributed by atoms with Crippen LogP contribution in [0.4, 0.5) is 4.39 Å². The van der Waals surface area contributed by atoms with E-state index in [4.69, 9.17) is 0 Å². The third kappa shape index (κ3) is 4.62. The summed E-state index contributed by atoms with van der Waals surface area (Å²) in [5.41, 5.74) is 0.522. The normalized spacial score (nSPS) is 20.6. The van der Waals surface area contributed by atoms with Crippen molar-refractivity contribution in [2.24, 2.45) is 0 Å². The first-order chi connectivity index (χ1) is 18.5. The Morgan fingerprint density at radius 2 is 1.68 bits per heavy atom. The van der Waals surface area contributed by atoms with E-state index in [0.29, 0.717) is 31.4 Å². The van der Waals surface area contributed by atoms with Gasteiger partial charge in [-0.15, -0.1) is 0 Å². The van der Waals surface area contributed by atoms with Crippen LogP contribution in [0.25, 0.3) is 21.9 Å². The third-order valence-corrected chi connectivity index (χ3v) is 8.76. The molecule has 0 atom stereocenters. The summed E-state index contributed by atoms with van der Waals surface area (Å²) in [4.78, 5) is 48.7. The molecule has 1 saturated heterocycles. The third-order valence-electron chi connectivity index (χ3n) is 7.71. The van der Waals surface area contributed by atoms with Crippen LogP contribution in [-0.4, -0.2) is 42.6 Å². The van der Waals surface area contributed by atoms with Gasteiger partial charge in [0.05, 0.1) is 17.1 Å². The van der Waals surface area contributed by atoms with Crippen molar-refractivity contribution in [3.05, 3.63) is 81.0 Å². The van der Waals surface area contributed by atoms with Crippen LogP contribution < -0.4 is 16.6 Å². The summed E-state index contributed by atoms with van der Waals surface area (Å²) >= 11 is 1.84. The summed E-state index contributed by atoms with van der Waals surface area (Å²) in [5.74, 6) is 1.02. The lowest BCUT2D eigenvalue weighted by atomic mass is 9.90. The molecule has 3 aromatic heterocycles. The smallest absolute Gasteiger partial charge is 0.333 e. The lowest BCUT2D eigenvalue weighted by Gasteiger charge is -2.31. The highest BCUT2D eigenvalue weighted by Crippen LogP contribution is 2.30. The molecular formula is C28H28FN5O3S. The molecule has 2 fully saturated rings. The second-order valence-electron chi connectivity index (χ2n) is 10.1. The summed E-state index contributed by atoms with van der Waals surface area (Å²) in [5, 5.41) is 4.18. The summed E-state index contributed by atoms with van der Waals surface area (Å²) < 4.78 is 17.1. The number of para-hydroxylation sites is 1. The largest absolute Gasteiger partial charge is 0.348 e. The maximum absolute atomic E-state index is 14.1. The van der Waals surface area contributed by atoms with E-state index in [9.17, 15) is 18.8 Å². The van der Waals surface area contributed by atoms with Crippen molar-refractivity contribution in [2.75, 3.05) is 11.5 Å². The van der Waals surface area contributed by atoms with Crippen molar-refractivity contribution in [1.29, 1.82) is 0 Å². The van der Waals surface area contributed by atoms with Gasteiger partial charge in [0.25, 0.3) is 11.5 Å². The van der Waals surface area contributed by atoms with Crippen LogP contribution in [0, 0.1) is 5.82 Å². The van der Waals surface area contributed by atoms with Crippen molar-refractivity contribution >= 4 is 39.6 Å². The lowest BCUT2D eigenvalue weighted by molar-refractivity contribution is 0.0917. The van der Waals surface area contributed by atoms with Crippen molar-refractivity contribution in [2.45, 2.75) is 56.7 Å². The molecule has 4 heterocycles. The van der Waals surface area contributed by atoms with Gasteiger partial charge in [-0.05, 0) is 68.2 Å². The summed E-state index contributed by atoms with van der Waals surface area (Å²) in [6.45, 7) is 0. The molecule has 6 rings (SSSR count). The van der Waals surface area contributed by atoms with Crippen molar-refractivity contribution in [1.82, 2.24) is 24.4 Å². The molecule has 1 aliphatic carbocycles. The summed E-state index contributed by atoms with van der Waals surface area (Å²) in [6.07, 6.45) is 5.03. The number of pyridine rings is 2. The van der Waals surface area contributed by atoms with E-state index in [1.54, 1.807) is 10.6 Å². The molecule has 0 spiro atoms. The van der Waals surface area contributed by atoms with Gasteiger partial charge < -0.3 is 5.32 Å². The first kappa shape index (κ1) is 24.8. The monoisotopic (exact) mass is 533 g/mol. The van der Waals surface area contributed by atoms with Gasteiger partial charge in [-0.2, -0.15) is 11.8 Å². The van der Waals surface area contributed by atoms with E-state index in [1.807, 2.05) is 42.1 Å². The number of aromatic nitrogens is 4. The maximum Gasteiger partial charge on any atom is 0.333 e. The molecule has 0 bridgehead atoms. The molecule has 38 heavy (non-hydrogen) atoms. The fourth-order valence-electron chi connectivity index (χ4n) is 5.73. The van der Waals surface area contributed by atoms with Gasteiger partial charge in [-0.25, -0.2) is 19.2 Å². The van der Waals surface area contributed by atoms with Gasteiger partial charge >= 0.3 is 5.69 Å². The Bertz CT molecular complexity index is 1640. The van der Waals surface area contributed by atoms with Crippen LogP contribution in [0.5, 0.6) is 0 Å². The zero-order chi connectivity index (χ0) is 26.2. The number of carbonyl (C=O) groups is 1. The Labute approximate surface area is 222 Å². The number of fused-ring (bicyclic) bond motifs is 2. The number of benzene rings is 1. The number of nitrogens with one attached hydrogen (secondary N) is 1. The Kier molecular flexibility index (Phi) is 6.73. The van der Waals surface area contributed by atoms with Crippen molar-refractivity contribution in [3.63, 3.8) is 0 Å². The van der Waals surface area contributed by atoms with E-state index in [-0.39, 0.29) is 40.8 Å². The molecule has 196 valence electrons. The predicted molar refractivity (Wildman–Crippen MR) is 146 cm³/mol. The number of amides is 1. The minimum absolute atomic E-state index is 0.0684. The number of hydrogen-bond acceptors (Lipinski definition) is 6. The van der Waals surface area contributed by atoms with Crippen LogP contribution >= 0.6 is 11.8 Å². The minimum atomic E-state index is -0.598. The average molecular weight is 534 g/mol. The Balaban J connectivity index is 1.24. The first-order valence-corrected chi connectivity index (χ1v) is 14.2. The molecule has 1 amide bonds. The average Bonchev–Trinajstić information content (AvgIpc) is 2.95. The highest BCUT2D eigenvalue weighted by Gasteiger charge is 2.30. The zero-order valence-electron chi connectivity index (χ0n) is 20.8. The number of carbonyl (C=O) groups excluding carboxylic acids is 1. The van der Waals surface area contributed by atoms with Crippen LogP contribution in [0.1, 0.15) is 61.1 Å². The fourth-order valence-corrected chi connectivity index (χ4v) is 6.81. The van der Waals surface area contributed by atoms with Gasteiger partial charge in [0, 0.05) is 23.5 Å². The Morgan fingerprint density at radius 1 is 0.947 bits per heavy atom. The fraction of sp³-hybridized carbons (Fsp3) is 0.393. The van der Waals surface area contributed by atoms with E-state index in [0.717, 1.165) is 41.4 Å². The van der Waals surface area contributed by atoms with E-state index in [1.165, 1.54) is 10.6 Å². The summed E-state index contributed by atoms with van der Waals surface area (Å²) in [6, 6.07) is 12.0. The topological polar surface area (TPSA) is 98.9 Å². The number of nitrogens with zero attached hydrogens (tertiary/aromatic N) is 4. The maximum atomic E-state index is 14.1. The van der Waals surface area contributed by atoms with Gasteiger partial charge in [0.2, 0.25) is 0 Å². The molecular weight excluding hydrogens is 505 g/mol. The molecule has 0 unspecified atom stereocenters. The van der Waals surface area contributed by atoms with Crippen LogP contribution in [0.3, 0.4) is 0 Å². The number of thioether (sulfide) groups is 1. The molecule has 4 aromatic rings. The SMILES string of the molecule is O=C(NC1CCC(n2c(=O)c3cc(F)cnc3n(C3CCSCC3)c2=O)CC1)c1ccc2ccccc2n1. The Morgan fingerprint density at radius 3 is 2.47 bits per heavy atom. The first-order valence-electron chi connectivity index (χ1n) is 13.1. The molecule has 1 aromatic carbocycles. The number of rotatable bonds is 4. The number of halogens is 1. The van der Waals surface area contributed by atoms with E-state index in [2.05, 4.69) is 15.3 Å². The molecule has 8 nitrogen and oxygen atoms in total. The molecule has 2 aliphatic rings. The molecule has 1 aliphatic heterocycles. The molecule has 1 saturated carbocycles. The van der Waals surface area contributed by atoms with E-state index >= 15 is 0 Å². The van der Waals surface area contributed by atoms with Gasteiger partial charge in [0.15, 0.2) is 0 Å². The quantitative estimate of drug-likeness (QED) is 0.422. The minimum Gasteiger partial charge on any atom is -0.348 e. The molecule has 1 N–H and O–H groups in total. The highest BCUT2D eigenvalue weighted by atomic mass is 32.2. The highest BCUT2D eigenvalue weighted by molar-refractivity contribution is 7.99. The molecule has 10 heteroatoms. The predicted octanol–water partition coefficient (Wildman–Crippen LogP) is 4.23. The van der Waals surface area contributed by atoms with Crippen molar-refractivity contribution < 1.29 is 9.18 Å². The lowest BCUT2D eigenvalue weighted by Crippen LogP contribution is -2.46. The van der Waals surface area contributed by atoms with Crippen LogP contribution in [0.15, 0.2) is 58.3 Å². The second-order valence-corrected chi connectivity index (χ2v) is 11.3. The number of hydrogen-bond donors (Lipinski definition) is 1. The Hall–Kier alpha value is -3.53. The zero-order valence-corrected chi connectivity index (χ0v) is 21.6. The van der Waals surface area contributed by atoms with Crippen molar-refractivity contribution in [3.8, 4) is 0 Å². The molecule has 0 radical (unpaired) electrons. The van der Waals surface area contributed by atoms with Gasteiger partial charge in [-0.1, -0.05) is 24.3 Å². The van der Waals surface area contributed by atoms with Gasteiger partial charge in [0.1, 0.15) is 17.2 Å². The second kappa shape index (κ2) is 10.3. The standard InChI is InChI=1S/C28H28FN5O3S/c29-18-15-22-25(30-16-18)33(21-11-13-38-14-12-21)28(37)34(27(22)36)20-8-6-19(7-9-20)31-26(35)24-10-5-17-3-1-2-4-23(17)32-24/h1-5,10,15-16,19-21H,6-9,11-14H2,(H,31,35). The van der Waals surface area contributed by atoms with Crippen LogP contribution in [0.2, 0.25) is 0 Å². The van der Waals surface area contributed by atoms with Crippen LogP contribution in [-0.2, 0) is 0 Å². The summed E-state index contributed by atoms with van der Waals surface area (Å²) in [7, 11) is 0. The van der Waals surface area contributed by atoms with Gasteiger partial charge in [-0.3, -0.25) is 18.7 Å².